The Labute approximate surface area is 91.1 Å². The Balaban J connectivity index is 2.48. The van der Waals surface area contributed by atoms with Crippen molar-refractivity contribution in [3.63, 3.8) is 0 Å². The number of rotatable bonds is 5. The molecule has 0 aromatic rings. The SMILES string of the molecule is CC(C)S(=O)(=O)CCC(=O)C1(N)CCC1. The molecule has 4 nitrogen and oxygen atoms in total. The molecule has 0 aliphatic heterocycles. The number of hydrogen-bond acceptors (Lipinski definition) is 4. The van der Waals surface area contributed by atoms with Gasteiger partial charge >= 0.3 is 0 Å². The third kappa shape index (κ3) is 2.78. The summed E-state index contributed by atoms with van der Waals surface area (Å²) < 4.78 is 23.0. The van der Waals surface area contributed by atoms with Gasteiger partial charge in [-0.05, 0) is 33.1 Å². The standard InChI is InChI=1S/C10H19NO3S/c1-8(2)15(13,14)7-4-9(12)10(11)5-3-6-10/h8H,3-7,11H2,1-2H3. The second-order valence-corrected chi connectivity index (χ2v) is 7.28. The highest BCUT2D eigenvalue weighted by Crippen LogP contribution is 2.30. The van der Waals surface area contributed by atoms with Crippen molar-refractivity contribution in [1.82, 2.24) is 0 Å². The third-order valence-electron chi connectivity index (χ3n) is 3.13. The van der Waals surface area contributed by atoms with E-state index in [-0.39, 0.29) is 18.0 Å². The zero-order valence-electron chi connectivity index (χ0n) is 9.32. The van der Waals surface area contributed by atoms with Gasteiger partial charge in [0.1, 0.15) is 0 Å². The van der Waals surface area contributed by atoms with E-state index in [1.54, 1.807) is 13.8 Å². The van der Waals surface area contributed by atoms with Crippen LogP contribution in [-0.4, -0.2) is 30.7 Å². The molecule has 0 unspecified atom stereocenters. The molecule has 15 heavy (non-hydrogen) atoms. The van der Waals surface area contributed by atoms with Gasteiger partial charge in [0.15, 0.2) is 15.6 Å². The monoisotopic (exact) mass is 233 g/mol. The first-order valence-corrected chi connectivity index (χ1v) is 7.03. The molecule has 0 heterocycles. The van der Waals surface area contributed by atoms with Crippen LogP contribution in [0.5, 0.6) is 0 Å². The van der Waals surface area contributed by atoms with Crippen LogP contribution in [0.3, 0.4) is 0 Å². The summed E-state index contributed by atoms with van der Waals surface area (Å²) in [6.45, 7) is 3.25. The van der Waals surface area contributed by atoms with Gasteiger partial charge in [-0.25, -0.2) is 8.42 Å². The van der Waals surface area contributed by atoms with E-state index < -0.39 is 20.6 Å². The molecule has 0 aromatic carbocycles. The number of carbonyl (C=O) groups is 1. The van der Waals surface area contributed by atoms with Crippen molar-refractivity contribution in [2.75, 3.05) is 5.75 Å². The molecule has 0 bridgehead atoms. The molecule has 0 saturated heterocycles. The van der Waals surface area contributed by atoms with Crippen molar-refractivity contribution in [3.8, 4) is 0 Å². The average molecular weight is 233 g/mol. The molecule has 1 aliphatic carbocycles. The molecule has 0 atom stereocenters. The summed E-state index contributed by atoms with van der Waals surface area (Å²) in [6, 6.07) is 0. The zero-order chi connectivity index (χ0) is 11.7. The minimum Gasteiger partial charge on any atom is -0.319 e. The molecule has 1 aliphatic rings. The second kappa shape index (κ2) is 4.22. The fourth-order valence-corrected chi connectivity index (χ4v) is 2.50. The van der Waals surface area contributed by atoms with E-state index >= 15 is 0 Å². The molecular formula is C10H19NO3S. The summed E-state index contributed by atoms with van der Waals surface area (Å²) in [5.74, 6) is -0.166. The van der Waals surface area contributed by atoms with E-state index in [4.69, 9.17) is 5.73 Å². The van der Waals surface area contributed by atoms with Crippen molar-refractivity contribution in [3.05, 3.63) is 0 Å². The maximum Gasteiger partial charge on any atom is 0.153 e. The quantitative estimate of drug-likeness (QED) is 0.756. The Hall–Kier alpha value is -0.420. The summed E-state index contributed by atoms with van der Waals surface area (Å²) in [5, 5.41) is -0.416. The van der Waals surface area contributed by atoms with Crippen LogP contribution in [0.1, 0.15) is 39.5 Å². The van der Waals surface area contributed by atoms with Crippen LogP contribution in [0.15, 0.2) is 0 Å². The molecule has 0 amide bonds. The topological polar surface area (TPSA) is 77.2 Å². The number of hydrogen-bond donors (Lipinski definition) is 1. The van der Waals surface area contributed by atoms with E-state index in [0.29, 0.717) is 12.8 Å². The minimum atomic E-state index is -3.11. The molecule has 5 heteroatoms. The molecule has 2 N–H and O–H groups in total. The number of ketones is 1. The van der Waals surface area contributed by atoms with Crippen molar-refractivity contribution in [2.24, 2.45) is 5.73 Å². The van der Waals surface area contributed by atoms with Gasteiger partial charge in [-0.2, -0.15) is 0 Å². The Morgan fingerprint density at radius 1 is 1.40 bits per heavy atom. The van der Waals surface area contributed by atoms with Crippen LogP contribution in [0.25, 0.3) is 0 Å². The minimum absolute atomic E-state index is 0.0665. The van der Waals surface area contributed by atoms with Crippen LogP contribution in [0.4, 0.5) is 0 Å². The summed E-state index contributed by atoms with van der Waals surface area (Å²) in [4.78, 5) is 11.6. The largest absolute Gasteiger partial charge is 0.319 e. The van der Waals surface area contributed by atoms with E-state index in [9.17, 15) is 13.2 Å². The van der Waals surface area contributed by atoms with Crippen LogP contribution in [0.2, 0.25) is 0 Å². The highest BCUT2D eigenvalue weighted by Gasteiger charge is 2.39. The zero-order valence-corrected chi connectivity index (χ0v) is 10.1. The lowest BCUT2D eigenvalue weighted by molar-refractivity contribution is -0.126. The van der Waals surface area contributed by atoms with Gasteiger partial charge in [-0.3, -0.25) is 4.79 Å². The Morgan fingerprint density at radius 2 is 1.93 bits per heavy atom. The summed E-state index contributed by atoms with van der Waals surface area (Å²) in [6.07, 6.45) is 2.44. The average Bonchev–Trinajstić information content (AvgIpc) is 2.10. The van der Waals surface area contributed by atoms with Gasteiger partial charge in [0.25, 0.3) is 0 Å². The van der Waals surface area contributed by atoms with Gasteiger partial charge in [-0.1, -0.05) is 0 Å². The molecule has 1 saturated carbocycles. The number of nitrogens with two attached hydrogens (primary N) is 1. The predicted molar refractivity (Wildman–Crippen MR) is 59.3 cm³/mol. The maximum atomic E-state index is 11.6. The van der Waals surface area contributed by atoms with E-state index in [1.165, 1.54) is 0 Å². The first-order valence-electron chi connectivity index (χ1n) is 5.32. The van der Waals surface area contributed by atoms with Gasteiger partial charge in [-0.15, -0.1) is 0 Å². The molecule has 0 aromatic heterocycles. The Bertz CT molecular complexity index is 342. The molecule has 88 valence electrons. The van der Waals surface area contributed by atoms with Crippen molar-refractivity contribution >= 4 is 15.6 Å². The predicted octanol–water partition coefficient (Wildman–Crippen LogP) is 0.650. The normalized spacial score (nSPS) is 20.0. The fraction of sp³-hybridized carbons (Fsp3) is 0.900. The van der Waals surface area contributed by atoms with Gasteiger partial charge in [0.05, 0.1) is 16.5 Å². The van der Waals surface area contributed by atoms with Gasteiger partial charge in [0, 0.05) is 6.42 Å². The first-order chi connectivity index (χ1) is 6.78. The highest BCUT2D eigenvalue weighted by atomic mass is 32.2. The molecule has 0 radical (unpaired) electrons. The van der Waals surface area contributed by atoms with Crippen LogP contribution in [0, 0.1) is 0 Å². The highest BCUT2D eigenvalue weighted by molar-refractivity contribution is 7.91. The van der Waals surface area contributed by atoms with Crippen molar-refractivity contribution < 1.29 is 13.2 Å². The van der Waals surface area contributed by atoms with E-state index in [0.717, 1.165) is 6.42 Å². The van der Waals surface area contributed by atoms with Crippen molar-refractivity contribution in [1.29, 1.82) is 0 Å². The first kappa shape index (κ1) is 12.6. The lowest BCUT2D eigenvalue weighted by atomic mass is 9.74. The fourth-order valence-electron chi connectivity index (χ4n) is 1.56. The van der Waals surface area contributed by atoms with E-state index in [1.807, 2.05) is 0 Å². The van der Waals surface area contributed by atoms with Crippen LogP contribution in [-0.2, 0) is 14.6 Å². The summed E-state index contributed by atoms with van der Waals surface area (Å²) >= 11 is 0. The lowest BCUT2D eigenvalue weighted by Gasteiger charge is -2.36. The number of Topliss-reactive ketones (excluding diaryl/α,β-unsaturated/α-hetero) is 1. The molecule has 0 spiro atoms. The number of sulfone groups is 1. The molecule has 1 fully saturated rings. The summed E-state index contributed by atoms with van der Waals surface area (Å²) in [5.41, 5.74) is 5.09. The lowest BCUT2D eigenvalue weighted by Crippen LogP contribution is -2.54. The molecule has 1 rings (SSSR count). The Morgan fingerprint density at radius 3 is 2.27 bits per heavy atom. The third-order valence-corrected chi connectivity index (χ3v) is 5.34. The maximum absolute atomic E-state index is 11.6. The van der Waals surface area contributed by atoms with Gasteiger partial charge < -0.3 is 5.73 Å². The van der Waals surface area contributed by atoms with E-state index in [2.05, 4.69) is 0 Å². The Kier molecular flexibility index (Phi) is 3.55. The summed E-state index contributed by atoms with van der Waals surface area (Å²) in [7, 11) is -3.11. The second-order valence-electron chi connectivity index (χ2n) is 4.60. The van der Waals surface area contributed by atoms with Gasteiger partial charge in [0.2, 0.25) is 0 Å². The van der Waals surface area contributed by atoms with Crippen LogP contribution < -0.4 is 5.73 Å². The van der Waals surface area contributed by atoms with Crippen molar-refractivity contribution in [2.45, 2.75) is 50.3 Å². The van der Waals surface area contributed by atoms with Crippen LogP contribution >= 0.6 is 0 Å². The smallest absolute Gasteiger partial charge is 0.153 e. The molecular weight excluding hydrogens is 214 g/mol. The number of carbonyl (C=O) groups excluding carboxylic acids is 1.